The molecule has 0 aliphatic rings. The van der Waals surface area contributed by atoms with Crippen LogP contribution in [0.25, 0.3) is 10.9 Å². The molecule has 0 aliphatic carbocycles. The molecule has 1 aromatic heterocycles. The summed E-state index contributed by atoms with van der Waals surface area (Å²) in [5.41, 5.74) is 2.44. The van der Waals surface area contributed by atoms with Crippen molar-refractivity contribution < 1.29 is 4.74 Å². The third-order valence-corrected chi connectivity index (χ3v) is 2.77. The van der Waals surface area contributed by atoms with Crippen molar-refractivity contribution >= 4 is 10.9 Å². The summed E-state index contributed by atoms with van der Waals surface area (Å²) in [4.78, 5) is 0. The van der Waals surface area contributed by atoms with E-state index in [0.717, 1.165) is 23.5 Å². The molecule has 0 atom stereocenters. The number of rotatable bonds is 2. The van der Waals surface area contributed by atoms with Crippen LogP contribution in [0.1, 0.15) is 26.5 Å². The Balaban J connectivity index is 2.55. The van der Waals surface area contributed by atoms with Crippen molar-refractivity contribution in [3.63, 3.8) is 0 Å². The van der Waals surface area contributed by atoms with E-state index in [9.17, 15) is 0 Å². The minimum atomic E-state index is 0.217. The summed E-state index contributed by atoms with van der Waals surface area (Å²) in [6, 6.07) is 6.12. The van der Waals surface area contributed by atoms with Crippen LogP contribution in [0.15, 0.2) is 18.2 Å². The number of aryl methyl sites for hydroxylation is 1. The fourth-order valence-corrected chi connectivity index (χ4v) is 2.02. The average Bonchev–Trinajstić information content (AvgIpc) is 2.53. The molecule has 3 heteroatoms. The van der Waals surface area contributed by atoms with Crippen LogP contribution in [0.3, 0.4) is 0 Å². The molecule has 0 saturated heterocycles. The van der Waals surface area contributed by atoms with Crippen molar-refractivity contribution in [1.29, 1.82) is 0 Å². The van der Waals surface area contributed by atoms with Gasteiger partial charge in [0, 0.05) is 18.0 Å². The summed E-state index contributed by atoms with van der Waals surface area (Å²) in [6.07, 6.45) is 0. The zero-order valence-corrected chi connectivity index (χ0v) is 11.2. The van der Waals surface area contributed by atoms with Gasteiger partial charge in [-0.2, -0.15) is 5.10 Å². The number of nitrogens with zero attached hydrogens (tertiary/aromatic N) is 2. The maximum atomic E-state index is 5.28. The van der Waals surface area contributed by atoms with E-state index in [-0.39, 0.29) is 5.41 Å². The second-order valence-electron chi connectivity index (χ2n) is 5.69. The van der Waals surface area contributed by atoms with Crippen molar-refractivity contribution in [2.75, 3.05) is 7.11 Å². The minimum Gasteiger partial charge on any atom is -0.497 e. The van der Waals surface area contributed by atoms with Crippen molar-refractivity contribution in [3.05, 3.63) is 23.9 Å². The number of benzene rings is 1. The molecule has 92 valence electrons. The Kier molecular flexibility index (Phi) is 2.86. The van der Waals surface area contributed by atoms with E-state index in [4.69, 9.17) is 4.74 Å². The van der Waals surface area contributed by atoms with E-state index in [1.165, 1.54) is 5.39 Å². The Morgan fingerprint density at radius 2 is 2.00 bits per heavy atom. The quantitative estimate of drug-likeness (QED) is 0.793. The van der Waals surface area contributed by atoms with Crippen molar-refractivity contribution in [3.8, 4) is 5.75 Å². The molecule has 0 N–H and O–H groups in total. The Hall–Kier alpha value is -1.51. The number of fused-ring (bicyclic) bond motifs is 1. The number of ether oxygens (including phenoxy) is 1. The van der Waals surface area contributed by atoms with Gasteiger partial charge >= 0.3 is 0 Å². The highest BCUT2D eigenvalue weighted by atomic mass is 16.5. The summed E-state index contributed by atoms with van der Waals surface area (Å²) in [5, 5.41) is 5.82. The normalized spacial score (nSPS) is 12.1. The van der Waals surface area contributed by atoms with Gasteiger partial charge in [0.2, 0.25) is 0 Å². The van der Waals surface area contributed by atoms with Crippen LogP contribution < -0.4 is 4.74 Å². The average molecular weight is 232 g/mol. The monoisotopic (exact) mass is 232 g/mol. The van der Waals surface area contributed by atoms with Gasteiger partial charge in [-0.15, -0.1) is 0 Å². The number of hydrogen-bond acceptors (Lipinski definition) is 2. The molecule has 1 aromatic carbocycles. The molecule has 17 heavy (non-hydrogen) atoms. The zero-order chi connectivity index (χ0) is 12.6. The van der Waals surface area contributed by atoms with Crippen LogP contribution in [0.4, 0.5) is 0 Å². The van der Waals surface area contributed by atoms with E-state index in [2.05, 4.69) is 42.7 Å². The largest absolute Gasteiger partial charge is 0.497 e. The standard InChI is InChI=1S/C14H20N2O/c1-10-12-7-6-11(17-5)8-13(12)16(15-10)9-14(2,3)4/h6-8H,9H2,1-5H3. The predicted octanol–water partition coefficient (Wildman–Crippen LogP) is 3.40. The number of hydrogen-bond donors (Lipinski definition) is 0. The van der Waals surface area contributed by atoms with Gasteiger partial charge in [0.1, 0.15) is 5.75 Å². The lowest BCUT2D eigenvalue weighted by molar-refractivity contribution is 0.330. The number of aromatic nitrogens is 2. The van der Waals surface area contributed by atoms with E-state index in [1.54, 1.807) is 7.11 Å². The first-order chi connectivity index (χ1) is 7.90. The van der Waals surface area contributed by atoms with Gasteiger partial charge in [-0.25, -0.2) is 0 Å². The topological polar surface area (TPSA) is 27.1 Å². The highest BCUT2D eigenvalue weighted by Crippen LogP contribution is 2.26. The lowest BCUT2D eigenvalue weighted by atomic mass is 9.97. The molecule has 0 fully saturated rings. The maximum absolute atomic E-state index is 5.28. The second kappa shape index (κ2) is 4.06. The molecule has 2 aromatic rings. The molecule has 0 bridgehead atoms. The van der Waals surface area contributed by atoms with E-state index in [1.807, 2.05) is 13.0 Å². The minimum absolute atomic E-state index is 0.217. The molecule has 3 nitrogen and oxygen atoms in total. The van der Waals surface area contributed by atoms with E-state index < -0.39 is 0 Å². The van der Waals surface area contributed by atoms with Crippen LogP contribution in [0.2, 0.25) is 0 Å². The maximum Gasteiger partial charge on any atom is 0.121 e. The molecule has 2 rings (SSSR count). The van der Waals surface area contributed by atoms with Gasteiger partial charge in [0.15, 0.2) is 0 Å². The lowest BCUT2D eigenvalue weighted by Crippen LogP contribution is -2.16. The van der Waals surface area contributed by atoms with Crippen LogP contribution >= 0.6 is 0 Å². The van der Waals surface area contributed by atoms with Gasteiger partial charge in [0.25, 0.3) is 0 Å². The third-order valence-electron chi connectivity index (χ3n) is 2.77. The van der Waals surface area contributed by atoms with Gasteiger partial charge < -0.3 is 4.74 Å². The van der Waals surface area contributed by atoms with Crippen molar-refractivity contribution in [1.82, 2.24) is 9.78 Å². The van der Waals surface area contributed by atoms with Crippen LogP contribution in [-0.2, 0) is 6.54 Å². The fourth-order valence-electron chi connectivity index (χ4n) is 2.02. The SMILES string of the molecule is COc1ccc2c(C)nn(CC(C)(C)C)c2c1. The zero-order valence-electron chi connectivity index (χ0n) is 11.2. The molecule has 1 heterocycles. The smallest absolute Gasteiger partial charge is 0.121 e. The Bertz CT molecular complexity index is 535. The summed E-state index contributed by atoms with van der Waals surface area (Å²) < 4.78 is 7.35. The van der Waals surface area contributed by atoms with Crippen molar-refractivity contribution in [2.45, 2.75) is 34.2 Å². The van der Waals surface area contributed by atoms with Gasteiger partial charge in [-0.05, 0) is 24.5 Å². The highest BCUT2D eigenvalue weighted by molar-refractivity contribution is 5.83. The molecule has 0 spiro atoms. The summed E-state index contributed by atoms with van der Waals surface area (Å²) >= 11 is 0. The first kappa shape index (κ1) is 12.0. The molecule has 0 unspecified atom stereocenters. The fraction of sp³-hybridized carbons (Fsp3) is 0.500. The van der Waals surface area contributed by atoms with Crippen LogP contribution in [-0.4, -0.2) is 16.9 Å². The molecular formula is C14H20N2O. The molecule has 0 radical (unpaired) electrons. The predicted molar refractivity (Wildman–Crippen MR) is 70.5 cm³/mol. The molecule has 0 saturated carbocycles. The van der Waals surface area contributed by atoms with Gasteiger partial charge in [-0.1, -0.05) is 20.8 Å². The summed E-state index contributed by atoms with van der Waals surface area (Å²) in [5.74, 6) is 0.882. The second-order valence-corrected chi connectivity index (χ2v) is 5.69. The van der Waals surface area contributed by atoms with Gasteiger partial charge in [-0.3, -0.25) is 4.68 Å². The Morgan fingerprint density at radius 1 is 1.29 bits per heavy atom. The van der Waals surface area contributed by atoms with Crippen LogP contribution in [0.5, 0.6) is 5.75 Å². The third kappa shape index (κ3) is 2.43. The Morgan fingerprint density at radius 3 is 2.59 bits per heavy atom. The van der Waals surface area contributed by atoms with E-state index in [0.29, 0.717) is 0 Å². The Labute approximate surface area is 102 Å². The van der Waals surface area contributed by atoms with Crippen LogP contribution in [0, 0.1) is 12.3 Å². The summed E-state index contributed by atoms with van der Waals surface area (Å²) in [7, 11) is 1.69. The number of methoxy groups -OCH3 is 1. The first-order valence-electron chi connectivity index (χ1n) is 5.92. The summed E-state index contributed by atoms with van der Waals surface area (Å²) in [6.45, 7) is 9.61. The first-order valence-corrected chi connectivity index (χ1v) is 5.92. The highest BCUT2D eigenvalue weighted by Gasteiger charge is 2.15. The molecule has 0 amide bonds. The molecular weight excluding hydrogens is 212 g/mol. The van der Waals surface area contributed by atoms with Crippen molar-refractivity contribution in [2.24, 2.45) is 5.41 Å². The van der Waals surface area contributed by atoms with Gasteiger partial charge in [0.05, 0.1) is 18.3 Å². The molecule has 0 aliphatic heterocycles. The lowest BCUT2D eigenvalue weighted by Gasteiger charge is -2.18. The van der Waals surface area contributed by atoms with E-state index >= 15 is 0 Å².